The van der Waals surface area contributed by atoms with E-state index in [0.717, 1.165) is 31.2 Å². The summed E-state index contributed by atoms with van der Waals surface area (Å²) in [5.74, 6) is -0.245. The van der Waals surface area contributed by atoms with Crippen LogP contribution in [0, 0.1) is 5.92 Å². The summed E-state index contributed by atoms with van der Waals surface area (Å²) in [7, 11) is 0. The Labute approximate surface area is 125 Å². The molecule has 0 aliphatic heterocycles. The highest BCUT2D eigenvalue weighted by molar-refractivity contribution is 5.84. The maximum Gasteiger partial charge on any atom is 0.230 e. The van der Waals surface area contributed by atoms with Crippen molar-refractivity contribution in [2.24, 2.45) is 5.92 Å². The van der Waals surface area contributed by atoms with Crippen molar-refractivity contribution < 1.29 is 14.7 Å². The molecule has 1 aromatic rings. The van der Waals surface area contributed by atoms with Crippen LogP contribution in [0.15, 0.2) is 30.3 Å². The normalized spacial score (nSPS) is 23.3. The Kier molecular flexibility index (Phi) is 5.51. The molecule has 0 saturated heterocycles. The Morgan fingerprint density at radius 1 is 1.19 bits per heavy atom. The molecular weight excluding hydrogens is 266 g/mol. The number of carbonyl (C=O) groups excluding carboxylic acids is 2. The minimum atomic E-state index is -0.517. The van der Waals surface area contributed by atoms with Crippen molar-refractivity contribution in [3.05, 3.63) is 35.9 Å². The number of hydrogen-bond acceptors (Lipinski definition) is 3. The molecule has 4 heteroatoms. The first-order valence-electron chi connectivity index (χ1n) is 7.58. The van der Waals surface area contributed by atoms with Crippen LogP contribution in [0.25, 0.3) is 0 Å². The predicted molar refractivity (Wildman–Crippen MR) is 80.8 cm³/mol. The maximum absolute atomic E-state index is 12.3. The van der Waals surface area contributed by atoms with Crippen molar-refractivity contribution in [2.45, 2.75) is 44.6 Å². The zero-order chi connectivity index (χ0) is 15.2. The summed E-state index contributed by atoms with van der Waals surface area (Å²) in [5, 5.41) is 12.5. The van der Waals surface area contributed by atoms with Crippen molar-refractivity contribution in [3.8, 4) is 0 Å². The Balaban J connectivity index is 1.91. The van der Waals surface area contributed by atoms with Gasteiger partial charge in [0.1, 0.15) is 5.78 Å². The van der Waals surface area contributed by atoms with Crippen molar-refractivity contribution in [2.75, 3.05) is 6.61 Å². The van der Waals surface area contributed by atoms with Crippen LogP contribution in [0.4, 0.5) is 0 Å². The van der Waals surface area contributed by atoms with E-state index < -0.39 is 5.92 Å². The van der Waals surface area contributed by atoms with E-state index in [4.69, 9.17) is 0 Å². The van der Waals surface area contributed by atoms with Crippen LogP contribution in [-0.4, -0.2) is 29.4 Å². The fraction of sp³-hybridized carbons (Fsp3) is 0.529. The molecule has 1 aromatic carbocycles. The molecule has 0 bridgehead atoms. The number of nitrogens with one attached hydrogen (secondary N) is 1. The lowest BCUT2D eigenvalue weighted by Gasteiger charge is -2.29. The predicted octanol–water partition coefficient (Wildman–Crippen LogP) is 2.03. The second-order valence-electron chi connectivity index (χ2n) is 5.81. The molecule has 0 radical (unpaired) electrons. The first-order chi connectivity index (χ1) is 10.1. The fourth-order valence-corrected chi connectivity index (χ4v) is 2.97. The van der Waals surface area contributed by atoms with E-state index >= 15 is 0 Å². The summed E-state index contributed by atoms with van der Waals surface area (Å²) in [6, 6.07) is 9.44. The third kappa shape index (κ3) is 4.14. The lowest BCUT2D eigenvalue weighted by Crippen LogP contribution is -2.41. The number of ketones is 1. The Hall–Kier alpha value is -1.68. The van der Waals surface area contributed by atoms with Crippen molar-refractivity contribution >= 4 is 11.7 Å². The number of aliphatic hydroxyl groups excluding tert-OH is 1. The van der Waals surface area contributed by atoms with E-state index in [0.29, 0.717) is 0 Å². The number of rotatable bonds is 5. The van der Waals surface area contributed by atoms with E-state index in [2.05, 4.69) is 5.32 Å². The van der Waals surface area contributed by atoms with Crippen molar-refractivity contribution in [1.29, 1.82) is 0 Å². The molecule has 1 saturated carbocycles. The van der Waals surface area contributed by atoms with Crippen molar-refractivity contribution in [3.63, 3.8) is 0 Å². The molecule has 1 fully saturated rings. The monoisotopic (exact) mass is 289 g/mol. The molecule has 1 amide bonds. The second-order valence-corrected chi connectivity index (χ2v) is 5.81. The van der Waals surface area contributed by atoms with Gasteiger partial charge in [-0.25, -0.2) is 0 Å². The topological polar surface area (TPSA) is 66.4 Å². The van der Waals surface area contributed by atoms with Crippen LogP contribution in [0.3, 0.4) is 0 Å². The van der Waals surface area contributed by atoms with Gasteiger partial charge in [-0.3, -0.25) is 9.59 Å². The van der Waals surface area contributed by atoms with Gasteiger partial charge in [-0.1, -0.05) is 30.3 Å². The molecular formula is C17H23NO3. The van der Waals surface area contributed by atoms with Crippen LogP contribution >= 0.6 is 0 Å². The smallest absolute Gasteiger partial charge is 0.230 e. The van der Waals surface area contributed by atoms with Gasteiger partial charge < -0.3 is 10.4 Å². The van der Waals surface area contributed by atoms with E-state index in [9.17, 15) is 14.7 Å². The lowest BCUT2D eigenvalue weighted by atomic mass is 9.83. The number of amides is 1. The minimum Gasteiger partial charge on any atom is -0.395 e. The van der Waals surface area contributed by atoms with Gasteiger partial charge in [0.25, 0.3) is 0 Å². The molecule has 0 aromatic heterocycles. The van der Waals surface area contributed by atoms with E-state index in [1.807, 2.05) is 30.3 Å². The zero-order valence-electron chi connectivity index (χ0n) is 12.4. The Bertz CT molecular complexity index is 478. The van der Waals surface area contributed by atoms with Gasteiger partial charge in [-0.15, -0.1) is 0 Å². The highest BCUT2D eigenvalue weighted by atomic mass is 16.3. The van der Waals surface area contributed by atoms with Gasteiger partial charge in [0.05, 0.1) is 12.5 Å². The first kappa shape index (κ1) is 15.7. The highest BCUT2D eigenvalue weighted by Crippen LogP contribution is 2.25. The van der Waals surface area contributed by atoms with Gasteiger partial charge in [-0.05, 0) is 38.2 Å². The molecule has 1 aliphatic rings. The summed E-state index contributed by atoms with van der Waals surface area (Å²) < 4.78 is 0. The number of aliphatic hydroxyl groups is 1. The fourth-order valence-electron chi connectivity index (χ4n) is 2.97. The molecule has 114 valence electrons. The quantitative estimate of drug-likeness (QED) is 0.871. The highest BCUT2D eigenvalue weighted by Gasteiger charge is 2.27. The van der Waals surface area contributed by atoms with Gasteiger partial charge in [0.2, 0.25) is 5.91 Å². The average Bonchev–Trinajstić information content (AvgIpc) is 2.49. The van der Waals surface area contributed by atoms with Crippen LogP contribution < -0.4 is 5.32 Å². The zero-order valence-corrected chi connectivity index (χ0v) is 12.4. The minimum absolute atomic E-state index is 0.117. The summed E-state index contributed by atoms with van der Waals surface area (Å²) in [4.78, 5) is 23.7. The molecule has 0 heterocycles. The lowest BCUT2D eigenvalue weighted by molar-refractivity contribution is -0.124. The van der Waals surface area contributed by atoms with Crippen LogP contribution in [0.5, 0.6) is 0 Å². The van der Waals surface area contributed by atoms with Crippen LogP contribution in [0.1, 0.15) is 44.1 Å². The van der Waals surface area contributed by atoms with Gasteiger partial charge >= 0.3 is 0 Å². The summed E-state index contributed by atoms with van der Waals surface area (Å²) >= 11 is 0. The molecule has 1 unspecified atom stereocenters. The largest absolute Gasteiger partial charge is 0.395 e. The SMILES string of the molecule is CC(=O)C1CCC(NC(=O)C(CO)c2ccccc2)CC1. The van der Waals surface area contributed by atoms with Crippen LogP contribution in [0.2, 0.25) is 0 Å². The number of Topliss-reactive ketones (excluding diaryl/α,β-unsaturated/α-hetero) is 1. The van der Waals surface area contributed by atoms with Gasteiger partial charge in [0, 0.05) is 12.0 Å². The molecule has 1 aliphatic carbocycles. The van der Waals surface area contributed by atoms with Gasteiger partial charge in [0.15, 0.2) is 0 Å². The summed E-state index contributed by atoms with van der Waals surface area (Å²) in [5.41, 5.74) is 0.829. The van der Waals surface area contributed by atoms with Crippen molar-refractivity contribution in [1.82, 2.24) is 5.32 Å². The molecule has 4 nitrogen and oxygen atoms in total. The van der Waals surface area contributed by atoms with Gasteiger partial charge in [-0.2, -0.15) is 0 Å². The Morgan fingerprint density at radius 3 is 2.33 bits per heavy atom. The number of carbonyl (C=O) groups is 2. The standard InChI is InChI=1S/C17H23NO3/c1-12(20)13-7-9-15(10-8-13)18-17(21)16(11-19)14-5-3-2-4-6-14/h2-6,13,15-16,19H,7-11H2,1H3,(H,18,21). The van der Waals surface area contributed by atoms with E-state index in [1.54, 1.807) is 6.92 Å². The third-order valence-corrected chi connectivity index (χ3v) is 4.35. The molecule has 2 N–H and O–H groups in total. The summed E-state index contributed by atoms with van der Waals surface area (Å²) in [6.07, 6.45) is 3.36. The maximum atomic E-state index is 12.3. The van der Waals surface area contributed by atoms with E-state index in [-0.39, 0.29) is 30.3 Å². The van der Waals surface area contributed by atoms with E-state index in [1.165, 1.54) is 0 Å². The molecule has 0 spiro atoms. The molecule has 21 heavy (non-hydrogen) atoms. The number of benzene rings is 1. The number of hydrogen-bond donors (Lipinski definition) is 2. The second kappa shape index (κ2) is 7.36. The molecule has 2 rings (SSSR count). The molecule has 1 atom stereocenters. The average molecular weight is 289 g/mol. The first-order valence-corrected chi connectivity index (χ1v) is 7.58. The Morgan fingerprint density at radius 2 is 1.81 bits per heavy atom. The third-order valence-electron chi connectivity index (χ3n) is 4.35. The van der Waals surface area contributed by atoms with Crippen LogP contribution in [-0.2, 0) is 9.59 Å². The summed E-state index contributed by atoms with van der Waals surface area (Å²) in [6.45, 7) is 1.44.